The molecule has 1 fully saturated rings. The van der Waals surface area contributed by atoms with Crippen molar-refractivity contribution in [1.29, 1.82) is 0 Å². The topological polar surface area (TPSA) is 95.5 Å². The minimum Gasteiger partial charge on any atom is -0.480 e. The third kappa shape index (κ3) is 5.03. The quantitative estimate of drug-likeness (QED) is 0.443. The molecule has 3 N–H and O–H groups in total. The Bertz CT molecular complexity index is 468. The summed E-state index contributed by atoms with van der Waals surface area (Å²) in [7, 11) is 0. The van der Waals surface area contributed by atoms with E-state index in [2.05, 4.69) is 17.2 Å². The van der Waals surface area contributed by atoms with E-state index >= 15 is 0 Å². The van der Waals surface area contributed by atoms with Crippen LogP contribution in [-0.4, -0.2) is 56.5 Å². The van der Waals surface area contributed by atoms with Gasteiger partial charge in [-0.2, -0.15) is 0 Å². The summed E-state index contributed by atoms with van der Waals surface area (Å²) in [6, 6.07) is -1.51. The van der Waals surface area contributed by atoms with E-state index in [9.17, 15) is 19.5 Å². The fourth-order valence-corrected chi connectivity index (χ4v) is 4.28. The highest BCUT2D eigenvalue weighted by molar-refractivity contribution is 8.01. The van der Waals surface area contributed by atoms with E-state index in [1.807, 2.05) is 13.8 Å². The normalized spacial score (nSPS) is 24.5. The molecule has 1 aliphatic heterocycles. The number of aliphatic carboxylic acids is 1. The van der Waals surface area contributed by atoms with Crippen molar-refractivity contribution in [2.24, 2.45) is 0 Å². The molecule has 0 radical (unpaired) electrons. The largest absolute Gasteiger partial charge is 0.480 e. The molecule has 0 aromatic heterocycles. The third-order valence-electron chi connectivity index (χ3n) is 3.23. The van der Waals surface area contributed by atoms with Crippen molar-refractivity contribution in [3.63, 3.8) is 0 Å². The first-order chi connectivity index (χ1) is 10.2. The van der Waals surface area contributed by atoms with Gasteiger partial charge < -0.3 is 10.4 Å². The smallest absolute Gasteiger partial charge is 0.322 e. The molecule has 1 saturated heterocycles. The zero-order valence-electron chi connectivity index (χ0n) is 12.9. The van der Waals surface area contributed by atoms with Crippen molar-refractivity contribution in [3.8, 4) is 0 Å². The van der Waals surface area contributed by atoms with Crippen LogP contribution in [0.4, 0.5) is 0 Å². The summed E-state index contributed by atoms with van der Waals surface area (Å²) in [6.07, 6.45) is 1.70. The van der Waals surface area contributed by atoms with Crippen LogP contribution in [-0.2, 0) is 14.4 Å². The van der Waals surface area contributed by atoms with Crippen molar-refractivity contribution in [2.45, 2.75) is 43.0 Å². The van der Waals surface area contributed by atoms with Crippen LogP contribution in [0, 0.1) is 0 Å². The average molecular weight is 346 g/mol. The van der Waals surface area contributed by atoms with Crippen molar-refractivity contribution >= 4 is 41.2 Å². The van der Waals surface area contributed by atoms with E-state index in [1.54, 1.807) is 6.08 Å². The molecule has 0 bridgehead atoms. The van der Waals surface area contributed by atoms with Gasteiger partial charge in [0.2, 0.25) is 5.91 Å². The molecule has 1 amide bonds. The Morgan fingerprint density at radius 3 is 2.59 bits per heavy atom. The van der Waals surface area contributed by atoms with Crippen LogP contribution in [0.3, 0.4) is 0 Å². The summed E-state index contributed by atoms with van der Waals surface area (Å²) in [4.78, 5) is 35.0. The molecule has 22 heavy (non-hydrogen) atoms. The SMILES string of the molecule is C=CCSCC(=O)N[C@H](C(C)=O)[C@@H]1N[C@@H](C(=O)O)C(C)(C)S1. The lowest BCUT2D eigenvalue weighted by Gasteiger charge is -2.23. The van der Waals surface area contributed by atoms with Gasteiger partial charge in [-0.25, -0.2) is 0 Å². The molecule has 3 atom stereocenters. The number of ketones is 1. The number of thioether (sulfide) groups is 2. The summed E-state index contributed by atoms with van der Waals surface area (Å²) >= 11 is 2.76. The van der Waals surface area contributed by atoms with Crippen molar-refractivity contribution in [2.75, 3.05) is 11.5 Å². The summed E-state index contributed by atoms with van der Waals surface area (Å²) in [6.45, 7) is 8.58. The van der Waals surface area contributed by atoms with Gasteiger partial charge in [-0.05, 0) is 20.8 Å². The first kappa shape index (κ1) is 19.1. The van der Waals surface area contributed by atoms with E-state index in [0.29, 0.717) is 5.75 Å². The Morgan fingerprint density at radius 2 is 2.14 bits per heavy atom. The summed E-state index contributed by atoms with van der Waals surface area (Å²) in [5, 5.41) is 14.4. The molecule has 1 rings (SSSR count). The predicted octanol–water partition coefficient (Wildman–Crippen LogP) is 0.874. The molecular weight excluding hydrogens is 324 g/mol. The summed E-state index contributed by atoms with van der Waals surface area (Å²) < 4.78 is -0.563. The van der Waals surface area contributed by atoms with Gasteiger partial charge in [-0.3, -0.25) is 19.7 Å². The monoisotopic (exact) mass is 346 g/mol. The van der Waals surface area contributed by atoms with Crippen LogP contribution in [0.25, 0.3) is 0 Å². The van der Waals surface area contributed by atoms with Gasteiger partial charge in [-0.1, -0.05) is 6.08 Å². The Labute approximate surface area is 138 Å². The van der Waals surface area contributed by atoms with Gasteiger partial charge in [0.15, 0.2) is 5.78 Å². The lowest BCUT2D eigenvalue weighted by atomic mass is 10.0. The number of nitrogens with one attached hydrogen (secondary N) is 2. The Balaban J connectivity index is 2.72. The van der Waals surface area contributed by atoms with Crippen molar-refractivity contribution in [3.05, 3.63) is 12.7 Å². The molecule has 1 heterocycles. The molecule has 8 heteroatoms. The number of amides is 1. The van der Waals surface area contributed by atoms with Crippen molar-refractivity contribution in [1.82, 2.24) is 10.6 Å². The molecule has 6 nitrogen and oxygen atoms in total. The Morgan fingerprint density at radius 1 is 1.50 bits per heavy atom. The molecule has 0 unspecified atom stereocenters. The van der Waals surface area contributed by atoms with Crippen molar-refractivity contribution < 1.29 is 19.5 Å². The molecule has 0 aliphatic carbocycles. The second-order valence-electron chi connectivity index (χ2n) is 5.54. The number of carboxylic acids is 1. The Kier molecular flexibility index (Phi) is 6.96. The molecular formula is C14H22N2O4S2. The zero-order chi connectivity index (χ0) is 16.9. The molecule has 124 valence electrons. The van der Waals surface area contributed by atoms with Gasteiger partial charge >= 0.3 is 5.97 Å². The average Bonchev–Trinajstić information content (AvgIpc) is 2.71. The van der Waals surface area contributed by atoms with E-state index in [1.165, 1.54) is 30.4 Å². The third-order valence-corrected chi connectivity index (χ3v) is 5.67. The standard InChI is InChI=1S/C14H22N2O4S2/c1-5-6-21-7-9(18)15-10(8(2)17)12-16-11(13(19)20)14(3,4)22-12/h5,10-12,16H,1,6-7H2,2-4H3,(H,15,18)(H,19,20)/t10-,11+,12-/m1/s1. The first-order valence-electron chi connectivity index (χ1n) is 6.84. The Hall–Kier alpha value is -0.990. The highest BCUT2D eigenvalue weighted by atomic mass is 32.2. The van der Waals surface area contributed by atoms with Gasteiger partial charge in [0.25, 0.3) is 0 Å². The second-order valence-corrected chi connectivity index (χ2v) is 8.37. The number of hydrogen-bond donors (Lipinski definition) is 3. The number of carbonyl (C=O) groups is 3. The van der Waals surface area contributed by atoms with E-state index in [4.69, 9.17) is 0 Å². The fraction of sp³-hybridized carbons (Fsp3) is 0.643. The van der Waals surface area contributed by atoms with Gasteiger partial charge in [0, 0.05) is 10.5 Å². The molecule has 0 aromatic rings. The lowest BCUT2D eigenvalue weighted by Crippen LogP contribution is -2.53. The number of Topliss-reactive ketones (excluding diaryl/α,β-unsaturated/α-hetero) is 1. The van der Waals surface area contributed by atoms with Crippen LogP contribution in [0.1, 0.15) is 20.8 Å². The summed E-state index contributed by atoms with van der Waals surface area (Å²) in [5.41, 5.74) is 0. The number of rotatable bonds is 8. The van der Waals surface area contributed by atoms with E-state index in [-0.39, 0.29) is 17.4 Å². The van der Waals surface area contributed by atoms with Crippen LogP contribution in [0.15, 0.2) is 12.7 Å². The number of carbonyl (C=O) groups excluding carboxylic acids is 2. The molecule has 1 aliphatic rings. The highest BCUT2D eigenvalue weighted by Crippen LogP contribution is 2.39. The van der Waals surface area contributed by atoms with Crippen LogP contribution >= 0.6 is 23.5 Å². The maximum Gasteiger partial charge on any atom is 0.322 e. The maximum atomic E-state index is 11.9. The minimum absolute atomic E-state index is 0.200. The second kappa shape index (κ2) is 8.03. The van der Waals surface area contributed by atoms with Crippen LogP contribution in [0.2, 0.25) is 0 Å². The maximum absolute atomic E-state index is 11.9. The number of hydrogen-bond acceptors (Lipinski definition) is 6. The first-order valence-corrected chi connectivity index (χ1v) is 8.87. The fourth-order valence-electron chi connectivity index (χ4n) is 2.17. The van der Waals surface area contributed by atoms with Gasteiger partial charge in [0.05, 0.1) is 11.1 Å². The van der Waals surface area contributed by atoms with Crippen LogP contribution in [0.5, 0.6) is 0 Å². The number of carboxylic acid groups (broad SMARTS) is 1. The summed E-state index contributed by atoms with van der Waals surface area (Å²) in [5.74, 6) is -0.517. The van der Waals surface area contributed by atoms with Crippen LogP contribution < -0.4 is 10.6 Å². The van der Waals surface area contributed by atoms with E-state index < -0.39 is 28.2 Å². The predicted molar refractivity (Wildman–Crippen MR) is 90.2 cm³/mol. The highest BCUT2D eigenvalue weighted by Gasteiger charge is 2.48. The lowest BCUT2D eigenvalue weighted by molar-refractivity contribution is -0.140. The van der Waals surface area contributed by atoms with Gasteiger partial charge in [-0.15, -0.1) is 30.1 Å². The minimum atomic E-state index is -0.963. The molecule has 0 aromatic carbocycles. The van der Waals surface area contributed by atoms with E-state index in [0.717, 1.165) is 0 Å². The zero-order valence-corrected chi connectivity index (χ0v) is 14.6. The molecule has 0 saturated carbocycles. The van der Waals surface area contributed by atoms with Gasteiger partial charge in [0.1, 0.15) is 12.1 Å². The molecule has 0 spiro atoms.